The van der Waals surface area contributed by atoms with Gasteiger partial charge < -0.3 is 9.66 Å². The SMILES string of the molecule is CC(O)CNS(=O)(=O)CCCS(=O)(=O)CS(=O)(=O)CCCS(=O)(=O)[O-].[Li+]. The van der Waals surface area contributed by atoms with Crippen LogP contribution in [0.1, 0.15) is 19.8 Å². The van der Waals surface area contributed by atoms with E-state index in [2.05, 4.69) is 4.72 Å². The van der Waals surface area contributed by atoms with E-state index in [-0.39, 0.29) is 31.8 Å². The molecule has 0 spiro atoms. The van der Waals surface area contributed by atoms with Gasteiger partial charge in [-0.15, -0.1) is 0 Å². The van der Waals surface area contributed by atoms with Crippen molar-refractivity contribution < 1.29 is 62.2 Å². The third kappa shape index (κ3) is 16.5. The molecule has 0 saturated carbocycles. The Morgan fingerprint density at radius 1 is 0.846 bits per heavy atom. The predicted molar refractivity (Wildman–Crippen MR) is 89.7 cm³/mol. The first kappa shape index (κ1) is 28.5. The van der Waals surface area contributed by atoms with Crippen LogP contribution in [0.4, 0.5) is 0 Å². The zero-order chi connectivity index (χ0) is 19.9. The average Bonchev–Trinajstić information content (AvgIpc) is 2.32. The van der Waals surface area contributed by atoms with E-state index < -0.39 is 80.4 Å². The van der Waals surface area contributed by atoms with E-state index in [1.165, 1.54) is 6.92 Å². The molecule has 0 aliphatic heterocycles. The second-order valence-corrected chi connectivity index (χ2v) is 13.7. The van der Waals surface area contributed by atoms with Crippen LogP contribution in [0.15, 0.2) is 0 Å². The summed E-state index contributed by atoms with van der Waals surface area (Å²) in [7, 11) is -16.6. The van der Waals surface area contributed by atoms with Crippen molar-refractivity contribution in [2.75, 3.05) is 34.6 Å². The van der Waals surface area contributed by atoms with E-state index in [1.807, 2.05) is 0 Å². The zero-order valence-corrected chi connectivity index (χ0v) is 17.8. The van der Waals surface area contributed by atoms with Gasteiger partial charge in [0.05, 0.1) is 33.5 Å². The van der Waals surface area contributed by atoms with Crippen LogP contribution < -0.4 is 23.6 Å². The third-order valence-electron chi connectivity index (χ3n) is 2.68. The van der Waals surface area contributed by atoms with Gasteiger partial charge in [0.15, 0.2) is 24.8 Å². The molecule has 0 aliphatic carbocycles. The molecule has 152 valence electrons. The summed E-state index contributed by atoms with van der Waals surface area (Å²) in [5.41, 5.74) is 0. The Balaban J connectivity index is 0. The molecular formula is C10H22LiNO10S4. The van der Waals surface area contributed by atoms with Gasteiger partial charge in [-0.3, -0.25) is 0 Å². The summed E-state index contributed by atoms with van der Waals surface area (Å²) < 4.78 is 103. The first-order valence-electron chi connectivity index (χ1n) is 7.03. The quantitative estimate of drug-likeness (QED) is 0.201. The Hall–Kier alpha value is 0.277. The molecule has 2 N–H and O–H groups in total. The molecule has 1 unspecified atom stereocenters. The fourth-order valence-electron chi connectivity index (χ4n) is 1.64. The third-order valence-corrected chi connectivity index (χ3v) is 9.59. The van der Waals surface area contributed by atoms with E-state index in [9.17, 15) is 38.2 Å². The zero-order valence-electron chi connectivity index (χ0n) is 14.5. The minimum atomic E-state index is -4.59. The summed E-state index contributed by atoms with van der Waals surface area (Å²) >= 11 is 0. The first-order valence-corrected chi connectivity index (χ1v) is 13.9. The number of sulfone groups is 2. The smallest absolute Gasteiger partial charge is 0.748 e. The maximum Gasteiger partial charge on any atom is 1.00 e. The maximum absolute atomic E-state index is 11.7. The number of aliphatic hydroxyl groups excluding tert-OH is 1. The monoisotopic (exact) mass is 451 g/mol. The van der Waals surface area contributed by atoms with Gasteiger partial charge in [-0.1, -0.05) is 0 Å². The molecule has 0 amide bonds. The van der Waals surface area contributed by atoms with Crippen LogP contribution in [0.25, 0.3) is 0 Å². The Morgan fingerprint density at radius 2 is 1.27 bits per heavy atom. The standard InChI is InChI=1S/C10H23NO10S4.Li/c1-10(12)8-11-24(17,18)6-2-4-22(13,14)9-23(15,16)5-3-7-25(19,20)21;/h10-12H,2-9H2,1H3,(H,19,20,21);/q;+1/p-1. The second kappa shape index (κ2) is 11.3. The van der Waals surface area contributed by atoms with E-state index in [4.69, 9.17) is 5.11 Å². The van der Waals surface area contributed by atoms with Gasteiger partial charge in [-0.2, -0.15) is 0 Å². The van der Waals surface area contributed by atoms with Crippen molar-refractivity contribution in [1.29, 1.82) is 0 Å². The molecule has 0 fully saturated rings. The molecule has 0 rings (SSSR count). The molecular weight excluding hydrogens is 429 g/mol. The van der Waals surface area contributed by atoms with E-state index in [0.717, 1.165) is 0 Å². The van der Waals surface area contributed by atoms with E-state index in [1.54, 1.807) is 0 Å². The average molecular weight is 451 g/mol. The number of rotatable bonds is 13. The van der Waals surface area contributed by atoms with Gasteiger partial charge in [0.1, 0.15) is 0 Å². The summed E-state index contributed by atoms with van der Waals surface area (Å²) in [5.74, 6) is -2.95. The molecule has 0 aliphatic rings. The van der Waals surface area contributed by atoms with Gasteiger partial charge in [-0.05, 0) is 19.8 Å². The minimum absolute atomic E-state index is 0. The molecule has 0 bridgehead atoms. The van der Waals surface area contributed by atoms with Crippen molar-refractivity contribution in [3.05, 3.63) is 0 Å². The molecule has 0 saturated heterocycles. The largest absolute Gasteiger partial charge is 1.00 e. The number of nitrogens with one attached hydrogen (secondary N) is 1. The maximum atomic E-state index is 11.7. The van der Waals surface area contributed by atoms with E-state index >= 15 is 0 Å². The van der Waals surface area contributed by atoms with E-state index in [0.29, 0.717) is 0 Å². The number of sulfonamides is 1. The Morgan fingerprint density at radius 3 is 1.65 bits per heavy atom. The Bertz CT molecular complexity index is 830. The van der Waals surface area contributed by atoms with Gasteiger partial charge in [0.25, 0.3) is 0 Å². The van der Waals surface area contributed by atoms with Gasteiger partial charge in [0.2, 0.25) is 10.0 Å². The molecule has 0 aromatic rings. The predicted octanol–water partition coefficient (Wildman–Crippen LogP) is -5.60. The molecule has 0 heterocycles. The van der Waals surface area contributed by atoms with Gasteiger partial charge in [0, 0.05) is 12.3 Å². The Kier molecular flexibility index (Phi) is 12.4. The summed E-state index contributed by atoms with van der Waals surface area (Å²) in [4.78, 5) is 0. The summed E-state index contributed by atoms with van der Waals surface area (Å²) in [6.45, 7) is 1.13. The van der Waals surface area contributed by atoms with Crippen molar-refractivity contribution in [3.8, 4) is 0 Å². The van der Waals surface area contributed by atoms with Crippen molar-refractivity contribution in [1.82, 2.24) is 4.72 Å². The first-order chi connectivity index (χ1) is 11.0. The van der Waals surface area contributed by atoms with Gasteiger partial charge >= 0.3 is 18.9 Å². The van der Waals surface area contributed by atoms with Crippen LogP contribution in [-0.4, -0.2) is 84.1 Å². The number of hydrogen-bond donors (Lipinski definition) is 2. The molecule has 0 radical (unpaired) electrons. The molecule has 16 heteroatoms. The second-order valence-electron chi connectivity index (χ2n) is 5.50. The summed E-state index contributed by atoms with van der Waals surface area (Å²) in [5, 5.41) is 7.72. The summed E-state index contributed by atoms with van der Waals surface area (Å²) in [6.07, 6.45) is -1.77. The normalized spacial score (nSPS) is 14.6. The summed E-state index contributed by atoms with van der Waals surface area (Å²) in [6, 6.07) is 0. The van der Waals surface area contributed by atoms with Crippen molar-refractivity contribution >= 4 is 39.8 Å². The molecule has 11 nitrogen and oxygen atoms in total. The van der Waals surface area contributed by atoms with Crippen molar-refractivity contribution in [3.63, 3.8) is 0 Å². The van der Waals surface area contributed by atoms with Crippen LogP contribution in [0.5, 0.6) is 0 Å². The van der Waals surface area contributed by atoms with Crippen LogP contribution >= 0.6 is 0 Å². The van der Waals surface area contributed by atoms with Gasteiger partial charge in [-0.25, -0.2) is 38.4 Å². The molecule has 1 atom stereocenters. The Labute approximate surface area is 166 Å². The van der Waals surface area contributed by atoms with Crippen molar-refractivity contribution in [2.24, 2.45) is 0 Å². The molecule has 0 aromatic heterocycles. The number of hydrogen-bond acceptors (Lipinski definition) is 10. The van der Waals surface area contributed by atoms with Crippen LogP contribution in [0.2, 0.25) is 0 Å². The fraction of sp³-hybridized carbons (Fsp3) is 1.00. The van der Waals surface area contributed by atoms with Crippen LogP contribution in [0, 0.1) is 0 Å². The number of aliphatic hydroxyl groups is 1. The van der Waals surface area contributed by atoms with Crippen LogP contribution in [0.3, 0.4) is 0 Å². The topological polar surface area (TPSA) is 192 Å². The fourth-order valence-corrected chi connectivity index (χ4v) is 7.96. The van der Waals surface area contributed by atoms with Crippen molar-refractivity contribution in [2.45, 2.75) is 25.9 Å². The molecule has 26 heavy (non-hydrogen) atoms. The minimum Gasteiger partial charge on any atom is -0.748 e. The molecule has 0 aromatic carbocycles. The van der Waals surface area contributed by atoms with Crippen LogP contribution in [-0.2, 0) is 39.8 Å².